The van der Waals surface area contributed by atoms with Crippen LogP contribution in [-0.4, -0.2) is 39.7 Å². The number of hydrogen-bond acceptors (Lipinski definition) is 2. The van der Waals surface area contributed by atoms with Gasteiger partial charge in [-0.1, -0.05) is 62.0 Å². The van der Waals surface area contributed by atoms with E-state index in [-0.39, 0.29) is 46.5 Å². The molecular weight excluding hydrogens is 489 g/mol. The minimum atomic E-state index is 0. The number of likely N-dealkylation sites (N-methyl/N-ethyl adjacent to an activating group) is 1. The van der Waals surface area contributed by atoms with Crippen molar-refractivity contribution in [3.05, 3.63) is 95.9 Å². The Morgan fingerprint density at radius 1 is 0.875 bits per heavy atom. The third-order valence-electron chi connectivity index (χ3n) is 4.69. The average Bonchev–Trinajstić information content (AvgIpc) is 3.14. The first-order valence-electron chi connectivity index (χ1n) is 9.98. The van der Waals surface area contributed by atoms with Crippen molar-refractivity contribution >= 4 is 34.3 Å². The maximum Gasteiger partial charge on any atom is 0.116 e. The number of fused-ring (bicyclic) bond motifs is 1. The van der Waals surface area contributed by atoms with E-state index in [1.165, 1.54) is 17.5 Å². The zero-order valence-corrected chi connectivity index (χ0v) is 23.7. The van der Waals surface area contributed by atoms with Crippen molar-refractivity contribution in [2.45, 2.75) is 32.5 Å². The number of benzene rings is 3. The van der Waals surface area contributed by atoms with Crippen LogP contribution in [0.5, 0.6) is 5.75 Å². The van der Waals surface area contributed by atoms with Gasteiger partial charge in [0.2, 0.25) is 0 Å². The maximum atomic E-state index is 9.46. The third-order valence-corrected chi connectivity index (χ3v) is 4.69. The molecule has 4 rings (SSSR count). The molecule has 1 N–H and O–H groups in total. The second-order valence-electron chi connectivity index (χ2n) is 7.52. The summed E-state index contributed by atoms with van der Waals surface area (Å²) >= 11 is 0. The molecular formula is C26H34Cl2NOSiTi-. The van der Waals surface area contributed by atoms with Gasteiger partial charge in [-0.2, -0.15) is 18.1 Å². The molecule has 3 aromatic rings. The van der Waals surface area contributed by atoms with E-state index in [2.05, 4.69) is 68.8 Å². The molecule has 0 aromatic heterocycles. The van der Waals surface area contributed by atoms with Gasteiger partial charge in [0.25, 0.3) is 0 Å². The predicted molar refractivity (Wildman–Crippen MR) is 141 cm³/mol. The first kappa shape index (κ1) is 33.0. The fourth-order valence-electron chi connectivity index (χ4n) is 3.27. The molecule has 2 radical (unpaired) electrons. The average molecular weight is 523 g/mol. The summed E-state index contributed by atoms with van der Waals surface area (Å²) in [5, 5.41) is 9.46. The minimum absolute atomic E-state index is 0. The Morgan fingerprint density at radius 2 is 1.44 bits per heavy atom. The summed E-state index contributed by atoms with van der Waals surface area (Å²) in [6, 6.07) is 24.9. The van der Waals surface area contributed by atoms with Gasteiger partial charge in [-0.05, 0) is 55.9 Å². The molecule has 0 fully saturated rings. The molecule has 0 spiro atoms. The zero-order chi connectivity index (χ0) is 21.2. The van der Waals surface area contributed by atoms with Crippen LogP contribution in [0.15, 0.2) is 72.8 Å². The minimum Gasteiger partial charge on any atom is -0.508 e. The van der Waals surface area contributed by atoms with E-state index in [1.54, 1.807) is 12.1 Å². The summed E-state index contributed by atoms with van der Waals surface area (Å²) in [6.07, 6.45) is 3.51. The molecule has 1 atom stereocenters. The number of halogens is 2. The standard InChI is InChI=1S/C13H12O.C11H14N.C2H6Si.2ClH.Ti/c1-10-7-12(9-13(14)8-10)11-5-3-2-4-6-11;1-12(2)11-7-9-5-3-4-6-10(9)8-11;1-3-2;;;/h2-9,14H,1H3;3-7,11H,8H2,1-2H3;1-2H3;2*1H;/q;-1;;;;. The number of phenols is 1. The van der Waals surface area contributed by atoms with Gasteiger partial charge >= 0.3 is 0 Å². The summed E-state index contributed by atoms with van der Waals surface area (Å²) in [5.74, 6) is 0.323. The summed E-state index contributed by atoms with van der Waals surface area (Å²) < 4.78 is 0. The van der Waals surface area contributed by atoms with Crippen LogP contribution in [0.1, 0.15) is 16.7 Å². The van der Waals surface area contributed by atoms with Crippen molar-refractivity contribution in [1.82, 2.24) is 4.90 Å². The molecule has 2 nitrogen and oxygen atoms in total. The van der Waals surface area contributed by atoms with Crippen molar-refractivity contribution in [2.24, 2.45) is 0 Å². The van der Waals surface area contributed by atoms with Gasteiger partial charge in [-0.25, -0.2) is 0 Å². The van der Waals surface area contributed by atoms with Gasteiger partial charge in [0.1, 0.15) is 5.75 Å². The number of rotatable bonds is 2. The summed E-state index contributed by atoms with van der Waals surface area (Å²) in [5.41, 5.74) is 6.16. The fourth-order valence-corrected chi connectivity index (χ4v) is 3.27. The van der Waals surface area contributed by atoms with E-state index in [9.17, 15) is 5.11 Å². The number of aromatic hydroxyl groups is 1. The van der Waals surface area contributed by atoms with E-state index in [4.69, 9.17) is 0 Å². The van der Waals surface area contributed by atoms with Crippen molar-refractivity contribution in [2.75, 3.05) is 14.1 Å². The van der Waals surface area contributed by atoms with Crippen molar-refractivity contribution in [3.8, 4) is 16.9 Å². The predicted octanol–water partition coefficient (Wildman–Crippen LogP) is 6.72. The van der Waals surface area contributed by atoms with Crippen LogP contribution < -0.4 is 0 Å². The third kappa shape index (κ3) is 10.6. The Morgan fingerprint density at radius 3 is 1.97 bits per heavy atom. The Hall–Kier alpha value is -1.20. The molecule has 0 saturated carbocycles. The molecule has 0 heterocycles. The van der Waals surface area contributed by atoms with Gasteiger partial charge in [-0.15, -0.1) is 42.5 Å². The van der Waals surface area contributed by atoms with Crippen LogP contribution in [0.3, 0.4) is 0 Å². The van der Waals surface area contributed by atoms with Crippen molar-refractivity contribution in [1.29, 1.82) is 0 Å². The number of hydrogen-bond donors (Lipinski definition) is 1. The molecule has 1 unspecified atom stereocenters. The Labute approximate surface area is 224 Å². The second kappa shape index (κ2) is 17.3. The quantitative estimate of drug-likeness (QED) is 0.298. The van der Waals surface area contributed by atoms with Gasteiger partial charge in [-0.3, -0.25) is 0 Å². The first-order chi connectivity index (χ1) is 13.9. The van der Waals surface area contributed by atoms with E-state index < -0.39 is 0 Å². The van der Waals surface area contributed by atoms with Gasteiger partial charge in [0.15, 0.2) is 0 Å². The fraction of sp³-hybridized carbons (Fsp3) is 0.269. The molecule has 1 aliphatic carbocycles. The monoisotopic (exact) mass is 522 g/mol. The topological polar surface area (TPSA) is 23.5 Å². The normalized spacial score (nSPS) is 12.8. The zero-order valence-electron chi connectivity index (χ0n) is 19.5. The summed E-state index contributed by atoms with van der Waals surface area (Å²) in [4.78, 5) is 2.26. The van der Waals surface area contributed by atoms with Crippen molar-refractivity contribution in [3.63, 3.8) is 0 Å². The molecule has 6 heteroatoms. The SMILES string of the molecule is CN(C)C1[CH-]c2ccccc2C1.C[Si]C.Cc1cc(O)cc(-c2ccccc2)c1.Cl.Cl.[Ti]. The number of phenolic OH excluding ortho intramolecular Hbond substituents is 1. The molecule has 0 saturated heterocycles. The van der Waals surface area contributed by atoms with E-state index in [0.29, 0.717) is 11.8 Å². The molecule has 0 bridgehead atoms. The van der Waals surface area contributed by atoms with E-state index in [0.717, 1.165) is 26.2 Å². The van der Waals surface area contributed by atoms with Crippen molar-refractivity contribution < 1.29 is 26.8 Å². The Kier molecular flexibility index (Phi) is 17.8. The maximum absolute atomic E-state index is 9.46. The smallest absolute Gasteiger partial charge is 0.116 e. The van der Waals surface area contributed by atoms with Crippen LogP contribution in [-0.2, 0) is 28.1 Å². The van der Waals surface area contributed by atoms with Crippen LogP contribution in [0.2, 0.25) is 13.1 Å². The molecule has 1 aliphatic rings. The van der Waals surface area contributed by atoms with Gasteiger partial charge in [0, 0.05) is 31.2 Å². The molecule has 3 aromatic carbocycles. The van der Waals surface area contributed by atoms with Crippen LogP contribution >= 0.6 is 24.8 Å². The van der Waals surface area contributed by atoms with Crippen LogP contribution in [0.25, 0.3) is 11.1 Å². The summed E-state index contributed by atoms with van der Waals surface area (Å²) in [7, 11) is 5.35. The van der Waals surface area contributed by atoms with E-state index >= 15 is 0 Å². The van der Waals surface area contributed by atoms with Crippen LogP contribution in [0, 0.1) is 13.3 Å². The van der Waals surface area contributed by atoms with Crippen LogP contribution in [0.4, 0.5) is 0 Å². The Bertz CT molecular complexity index is 849. The largest absolute Gasteiger partial charge is 0.508 e. The molecule has 0 aliphatic heterocycles. The molecule has 32 heavy (non-hydrogen) atoms. The summed E-state index contributed by atoms with van der Waals surface area (Å²) in [6.45, 7) is 6.28. The molecule has 172 valence electrons. The van der Waals surface area contributed by atoms with Gasteiger partial charge in [0.05, 0.1) is 0 Å². The second-order valence-corrected chi connectivity index (χ2v) is 8.52. The van der Waals surface area contributed by atoms with Gasteiger partial charge < -0.3 is 10.0 Å². The number of nitrogens with zero attached hydrogens (tertiary/aromatic N) is 1. The van der Waals surface area contributed by atoms with E-state index in [1.807, 2.05) is 37.3 Å². The molecule has 0 amide bonds. The Balaban J connectivity index is 0. The number of aryl methyl sites for hydroxylation is 1. The first-order valence-corrected chi connectivity index (χ1v) is 12.0.